The summed E-state index contributed by atoms with van der Waals surface area (Å²) in [5, 5.41) is 3.15. The Morgan fingerprint density at radius 2 is 2.25 bits per heavy atom. The second kappa shape index (κ2) is 5.76. The predicted octanol–water partition coefficient (Wildman–Crippen LogP) is 0.724. The Balaban J connectivity index is 1.70. The molecule has 1 aromatic heterocycles. The highest BCUT2D eigenvalue weighted by atomic mass is 16.1. The molecule has 2 saturated heterocycles. The molecule has 2 fully saturated rings. The molecule has 2 aliphatic heterocycles. The number of pyridine rings is 1. The zero-order chi connectivity index (χ0) is 13.9. The van der Waals surface area contributed by atoms with Gasteiger partial charge in [0.2, 0.25) is 0 Å². The van der Waals surface area contributed by atoms with Crippen LogP contribution in [0.25, 0.3) is 0 Å². The second-order valence-corrected chi connectivity index (χ2v) is 5.51. The molecule has 20 heavy (non-hydrogen) atoms. The number of aromatic nitrogens is 1. The molecule has 0 saturated carbocycles. The third-order valence-electron chi connectivity index (χ3n) is 4.36. The van der Waals surface area contributed by atoms with E-state index in [1.54, 1.807) is 18.3 Å². The highest BCUT2D eigenvalue weighted by molar-refractivity contribution is 5.98. The molecule has 3 rings (SSSR count). The number of nitrogens with zero attached hydrogens (tertiary/aromatic N) is 2. The van der Waals surface area contributed by atoms with Gasteiger partial charge in [0.05, 0.1) is 5.56 Å². The fraction of sp³-hybridized carbons (Fsp3) is 0.571. The first-order chi connectivity index (χ1) is 9.79. The van der Waals surface area contributed by atoms with E-state index in [4.69, 9.17) is 5.84 Å². The van der Waals surface area contributed by atoms with E-state index in [2.05, 4.69) is 20.6 Å². The van der Waals surface area contributed by atoms with Crippen LogP contribution < -0.4 is 16.6 Å². The van der Waals surface area contributed by atoms with Crippen LogP contribution in [0.5, 0.6) is 0 Å². The van der Waals surface area contributed by atoms with Gasteiger partial charge in [-0.2, -0.15) is 0 Å². The monoisotopic (exact) mass is 275 g/mol. The van der Waals surface area contributed by atoms with Crippen molar-refractivity contribution in [2.75, 3.05) is 18.5 Å². The summed E-state index contributed by atoms with van der Waals surface area (Å²) in [6.07, 6.45) is 6.36. The summed E-state index contributed by atoms with van der Waals surface area (Å²) in [6.45, 7) is 2.25. The Morgan fingerprint density at radius 3 is 3.10 bits per heavy atom. The van der Waals surface area contributed by atoms with Crippen molar-refractivity contribution in [2.24, 2.45) is 5.84 Å². The fourth-order valence-corrected chi connectivity index (χ4v) is 3.37. The Labute approximate surface area is 118 Å². The molecule has 2 aliphatic rings. The third kappa shape index (κ3) is 2.48. The van der Waals surface area contributed by atoms with Gasteiger partial charge < -0.3 is 10.7 Å². The van der Waals surface area contributed by atoms with Crippen LogP contribution in [0.4, 0.5) is 5.82 Å². The van der Waals surface area contributed by atoms with E-state index in [1.807, 2.05) is 0 Å². The molecule has 4 N–H and O–H groups in total. The van der Waals surface area contributed by atoms with Crippen molar-refractivity contribution in [1.82, 2.24) is 15.2 Å². The Hall–Kier alpha value is -1.66. The molecule has 6 heteroatoms. The molecule has 2 unspecified atom stereocenters. The Kier molecular flexibility index (Phi) is 3.84. The van der Waals surface area contributed by atoms with Crippen molar-refractivity contribution in [3.05, 3.63) is 23.9 Å². The van der Waals surface area contributed by atoms with Gasteiger partial charge in [-0.3, -0.25) is 9.69 Å². The number of amides is 1. The number of hydrogen-bond acceptors (Lipinski definition) is 5. The normalized spacial score (nSPS) is 26.1. The minimum Gasteiger partial charge on any atom is -0.348 e. The number of hydrazine groups is 1. The van der Waals surface area contributed by atoms with Gasteiger partial charge in [0.15, 0.2) is 5.82 Å². The van der Waals surface area contributed by atoms with Gasteiger partial charge >= 0.3 is 0 Å². The molecule has 3 heterocycles. The van der Waals surface area contributed by atoms with Crippen molar-refractivity contribution in [1.29, 1.82) is 0 Å². The summed E-state index contributed by atoms with van der Waals surface area (Å²) < 4.78 is 0. The number of nitrogens with two attached hydrogens (primary N) is 1. The summed E-state index contributed by atoms with van der Waals surface area (Å²) >= 11 is 0. The van der Waals surface area contributed by atoms with E-state index < -0.39 is 0 Å². The van der Waals surface area contributed by atoms with Gasteiger partial charge in [-0.05, 0) is 37.9 Å². The maximum absolute atomic E-state index is 12.4. The topological polar surface area (TPSA) is 83.3 Å². The van der Waals surface area contributed by atoms with Gasteiger partial charge in [0, 0.05) is 24.8 Å². The molecule has 0 spiro atoms. The van der Waals surface area contributed by atoms with Crippen LogP contribution >= 0.6 is 0 Å². The predicted molar refractivity (Wildman–Crippen MR) is 77.1 cm³/mol. The zero-order valence-corrected chi connectivity index (χ0v) is 11.5. The van der Waals surface area contributed by atoms with Crippen LogP contribution in [0.15, 0.2) is 18.3 Å². The summed E-state index contributed by atoms with van der Waals surface area (Å²) in [5.41, 5.74) is 2.98. The number of nitrogens with one attached hydrogen (secondary N) is 2. The first-order valence-electron chi connectivity index (χ1n) is 7.26. The number of carbonyl (C=O) groups excluding carboxylic acids is 1. The third-order valence-corrected chi connectivity index (χ3v) is 4.36. The summed E-state index contributed by atoms with van der Waals surface area (Å²) in [4.78, 5) is 19.0. The number of carbonyl (C=O) groups is 1. The summed E-state index contributed by atoms with van der Waals surface area (Å²) in [5.74, 6) is 5.73. The highest BCUT2D eigenvalue weighted by Crippen LogP contribution is 2.27. The lowest BCUT2D eigenvalue weighted by Crippen LogP contribution is -2.46. The minimum absolute atomic E-state index is 0.0940. The van der Waals surface area contributed by atoms with Crippen molar-refractivity contribution in [3.63, 3.8) is 0 Å². The van der Waals surface area contributed by atoms with E-state index in [9.17, 15) is 4.79 Å². The van der Waals surface area contributed by atoms with Crippen LogP contribution in [-0.2, 0) is 0 Å². The smallest absolute Gasteiger partial charge is 0.255 e. The van der Waals surface area contributed by atoms with Crippen LogP contribution in [-0.4, -0.2) is 41.0 Å². The number of nitrogen functional groups attached to an aromatic ring is 1. The highest BCUT2D eigenvalue weighted by Gasteiger charge is 2.36. The van der Waals surface area contributed by atoms with E-state index in [-0.39, 0.29) is 11.9 Å². The molecule has 1 amide bonds. The molecular weight excluding hydrogens is 254 g/mol. The van der Waals surface area contributed by atoms with Crippen LogP contribution in [0.1, 0.15) is 36.0 Å². The van der Waals surface area contributed by atoms with Gasteiger partial charge in [-0.25, -0.2) is 10.8 Å². The Bertz CT molecular complexity index is 492. The lowest BCUT2D eigenvalue weighted by atomic mass is 9.99. The second-order valence-electron chi connectivity index (χ2n) is 5.51. The summed E-state index contributed by atoms with van der Waals surface area (Å²) in [6, 6.07) is 4.23. The molecule has 0 bridgehead atoms. The number of piperidine rings is 1. The maximum Gasteiger partial charge on any atom is 0.255 e. The van der Waals surface area contributed by atoms with Crippen molar-refractivity contribution in [2.45, 2.75) is 37.8 Å². The molecule has 108 valence electrons. The van der Waals surface area contributed by atoms with E-state index in [1.165, 1.54) is 25.8 Å². The molecular formula is C14H21N5O. The summed E-state index contributed by atoms with van der Waals surface area (Å²) in [7, 11) is 0. The first kappa shape index (κ1) is 13.3. The van der Waals surface area contributed by atoms with E-state index in [0.717, 1.165) is 13.0 Å². The van der Waals surface area contributed by atoms with Gasteiger partial charge in [-0.1, -0.05) is 6.42 Å². The molecule has 1 aromatic rings. The average Bonchev–Trinajstić information content (AvgIpc) is 2.90. The van der Waals surface area contributed by atoms with E-state index >= 15 is 0 Å². The SMILES string of the molecule is NNc1ncccc1C(=O)NC1CCN2CCCCC12. The van der Waals surface area contributed by atoms with Crippen LogP contribution in [0.2, 0.25) is 0 Å². The lowest BCUT2D eigenvalue weighted by Gasteiger charge is -2.32. The minimum atomic E-state index is -0.0940. The Morgan fingerprint density at radius 1 is 1.35 bits per heavy atom. The number of hydrogen-bond donors (Lipinski definition) is 3. The molecule has 0 aromatic carbocycles. The zero-order valence-electron chi connectivity index (χ0n) is 11.5. The number of rotatable bonds is 3. The quantitative estimate of drug-likeness (QED) is 0.559. The van der Waals surface area contributed by atoms with Crippen molar-refractivity contribution in [3.8, 4) is 0 Å². The van der Waals surface area contributed by atoms with Gasteiger partial charge in [0.25, 0.3) is 5.91 Å². The number of anilines is 1. The average molecular weight is 275 g/mol. The molecule has 0 radical (unpaired) electrons. The molecule has 0 aliphatic carbocycles. The maximum atomic E-state index is 12.4. The number of fused-ring (bicyclic) bond motifs is 1. The largest absolute Gasteiger partial charge is 0.348 e. The van der Waals surface area contributed by atoms with Gasteiger partial charge in [-0.15, -0.1) is 0 Å². The van der Waals surface area contributed by atoms with Crippen LogP contribution in [0, 0.1) is 0 Å². The van der Waals surface area contributed by atoms with Crippen molar-refractivity contribution < 1.29 is 4.79 Å². The van der Waals surface area contributed by atoms with Gasteiger partial charge in [0.1, 0.15) is 0 Å². The first-order valence-corrected chi connectivity index (χ1v) is 7.26. The van der Waals surface area contributed by atoms with Crippen molar-refractivity contribution >= 4 is 11.7 Å². The van der Waals surface area contributed by atoms with E-state index in [0.29, 0.717) is 17.4 Å². The molecule has 6 nitrogen and oxygen atoms in total. The lowest BCUT2D eigenvalue weighted by molar-refractivity contribution is 0.0916. The standard InChI is InChI=1S/C14H21N5O/c15-18-13-10(4-3-7-16-13)14(20)17-11-6-9-19-8-2-1-5-12(11)19/h3-4,7,11-12H,1-2,5-6,8-9,15H2,(H,16,18)(H,17,20). The molecule has 2 atom stereocenters. The fourth-order valence-electron chi connectivity index (χ4n) is 3.37. The van der Waals surface area contributed by atoms with Crippen LogP contribution in [0.3, 0.4) is 0 Å².